The van der Waals surface area contributed by atoms with Crippen LogP contribution in [-0.2, 0) is 13.5 Å². The Hall–Kier alpha value is -1.61. The van der Waals surface area contributed by atoms with Crippen LogP contribution in [0.5, 0.6) is 0 Å². The first-order valence-electron chi connectivity index (χ1n) is 7.49. The molecule has 1 atom stereocenters. The zero-order valence-corrected chi connectivity index (χ0v) is 12.2. The van der Waals surface area contributed by atoms with Gasteiger partial charge >= 0.3 is 0 Å². The minimum Gasteiger partial charge on any atom is -0.382 e. The van der Waals surface area contributed by atoms with Gasteiger partial charge in [-0.15, -0.1) is 0 Å². The number of aromatic nitrogens is 2. The van der Waals surface area contributed by atoms with Crippen LogP contribution in [0.2, 0.25) is 0 Å². The van der Waals surface area contributed by atoms with Crippen LogP contribution in [0.4, 0.5) is 0 Å². The van der Waals surface area contributed by atoms with E-state index in [2.05, 4.69) is 36.3 Å². The summed E-state index contributed by atoms with van der Waals surface area (Å²) < 4.78 is 1.78. The van der Waals surface area contributed by atoms with Gasteiger partial charge in [0.15, 0.2) is 0 Å². The highest BCUT2D eigenvalue weighted by molar-refractivity contribution is 5.32. The van der Waals surface area contributed by atoms with Crippen molar-refractivity contribution in [3.8, 4) is 0 Å². The molecule has 1 saturated carbocycles. The third kappa shape index (κ3) is 2.38. The van der Waals surface area contributed by atoms with Gasteiger partial charge in [0.25, 0.3) is 0 Å². The Labute approximate surface area is 120 Å². The van der Waals surface area contributed by atoms with Crippen LogP contribution in [0.15, 0.2) is 30.3 Å². The van der Waals surface area contributed by atoms with Gasteiger partial charge in [-0.25, -0.2) is 0 Å². The van der Waals surface area contributed by atoms with E-state index in [1.165, 1.54) is 24.8 Å². The number of nitrogens with zero attached hydrogens (tertiary/aromatic N) is 2. The molecule has 3 rings (SSSR count). The van der Waals surface area contributed by atoms with Crippen molar-refractivity contribution >= 4 is 0 Å². The van der Waals surface area contributed by atoms with Crippen LogP contribution < -0.4 is 0 Å². The van der Waals surface area contributed by atoms with E-state index in [9.17, 15) is 5.11 Å². The summed E-state index contributed by atoms with van der Waals surface area (Å²) in [5.74, 6) is 0.740. The molecular weight excluding hydrogens is 248 g/mol. The van der Waals surface area contributed by atoms with Gasteiger partial charge in [-0.05, 0) is 42.4 Å². The number of aryl methyl sites for hydroxylation is 2. The summed E-state index contributed by atoms with van der Waals surface area (Å²) in [6, 6.07) is 10.4. The second-order valence-electron chi connectivity index (χ2n) is 5.73. The van der Waals surface area contributed by atoms with Crippen molar-refractivity contribution < 1.29 is 5.11 Å². The van der Waals surface area contributed by atoms with Crippen LogP contribution in [0.1, 0.15) is 60.7 Å². The Kier molecular flexibility index (Phi) is 3.62. The number of hydrogen-bond donors (Lipinski definition) is 1. The molecule has 0 bridgehead atoms. The predicted octanol–water partition coefficient (Wildman–Crippen LogP) is 3.33. The number of aliphatic hydroxyl groups excluding tert-OH is 1. The molecule has 1 heterocycles. The highest BCUT2D eigenvalue weighted by atomic mass is 16.3. The largest absolute Gasteiger partial charge is 0.382 e. The molecule has 20 heavy (non-hydrogen) atoms. The van der Waals surface area contributed by atoms with Crippen molar-refractivity contribution in [2.24, 2.45) is 7.05 Å². The van der Waals surface area contributed by atoms with E-state index in [1.54, 1.807) is 4.68 Å². The molecule has 3 heteroatoms. The smallest absolute Gasteiger partial charge is 0.121 e. The topological polar surface area (TPSA) is 38.0 Å². The normalized spacial score (nSPS) is 16.9. The van der Waals surface area contributed by atoms with Crippen molar-refractivity contribution in [2.45, 2.75) is 44.6 Å². The maximum Gasteiger partial charge on any atom is 0.121 e. The number of rotatable bonds is 4. The first-order chi connectivity index (χ1) is 9.69. The molecular formula is C17H22N2O. The zero-order valence-electron chi connectivity index (χ0n) is 12.2. The Morgan fingerprint density at radius 3 is 2.50 bits per heavy atom. The number of benzene rings is 1. The monoisotopic (exact) mass is 270 g/mol. The van der Waals surface area contributed by atoms with Crippen LogP contribution >= 0.6 is 0 Å². The summed E-state index contributed by atoms with van der Waals surface area (Å²) >= 11 is 0. The lowest BCUT2D eigenvalue weighted by molar-refractivity contribution is 0.209. The number of hydrogen-bond acceptors (Lipinski definition) is 2. The molecule has 106 valence electrons. The predicted molar refractivity (Wildman–Crippen MR) is 79.7 cm³/mol. The van der Waals surface area contributed by atoms with Gasteiger partial charge in [-0.2, -0.15) is 5.10 Å². The maximum atomic E-state index is 10.5. The summed E-state index contributed by atoms with van der Waals surface area (Å²) in [6.07, 6.45) is 4.26. The van der Waals surface area contributed by atoms with Crippen LogP contribution in [0.3, 0.4) is 0 Å². The molecule has 1 aromatic carbocycles. The fraction of sp³-hybridized carbons (Fsp3) is 0.471. The maximum absolute atomic E-state index is 10.5. The quantitative estimate of drug-likeness (QED) is 0.925. The Bertz CT molecular complexity index is 582. The third-order valence-electron chi connectivity index (χ3n) is 4.44. The molecule has 3 nitrogen and oxygen atoms in total. The lowest BCUT2D eigenvalue weighted by Crippen LogP contribution is -2.10. The van der Waals surface area contributed by atoms with Crippen molar-refractivity contribution in [3.05, 3.63) is 52.8 Å². The average molecular weight is 270 g/mol. The van der Waals surface area contributed by atoms with E-state index in [4.69, 9.17) is 0 Å². The summed E-state index contributed by atoms with van der Waals surface area (Å²) in [7, 11) is 1.89. The molecule has 1 aromatic heterocycles. The Morgan fingerprint density at radius 1 is 1.30 bits per heavy atom. The molecule has 0 amide bonds. The van der Waals surface area contributed by atoms with Crippen molar-refractivity contribution in [1.82, 2.24) is 9.78 Å². The van der Waals surface area contributed by atoms with Crippen molar-refractivity contribution in [2.75, 3.05) is 0 Å². The summed E-state index contributed by atoms with van der Waals surface area (Å²) in [6.45, 7) is 2.08. The highest BCUT2D eigenvalue weighted by Crippen LogP contribution is 2.36. The highest BCUT2D eigenvalue weighted by Gasteiger charge is 2.20. The van der Waals surface area contributed by atoms with E-state index in [0.29, 0.717) is 0 Å². The first-order valence-corrected chi connectivity index (χ1v) is 7.49. The lowest BCUT2D eigenvalue weighted by atomic mass is 9.80. The molecule has 0 saturated heterocycles. The van der Waals surface area contributed by atoms with E-state index in [-0.39, 0.29) is 0 Å². The molecule has 1 aliphatic rings. The molecule has 2 aromatic rings. The fourth-order valence-electron chi connectivity index (χ4n) is 2.83. The van der Waals surface area contributed by atoms with Crippen molar-refractivity contribution in [3.63, 3.8) is 0 Å². The third-order valence-corrected chi connectivity index (χ3v) is 4.44. The minimum absolute atomic E-state index is 0.594. The molecule has 1 aliphatic carbocycles. The van der Waals surface area contributed by atoms with Crippen LogP contribution in [0, 0.1) is 0 Å². The second kappa shape index (κ2) is 5.41. The van der Waals surface area contributed by atoms with Gasteiger partial charge in [-0.1, -0.05) is 37.6 Å². The second-order valence-corrected chi connectivity index (χ2v) is 5.73. The van der Waals surface area contributed by atoms with Crippen molar-refractivity contribution in [1.29, 1.82) is 0 Å². The van der Waals surface area contributed by atoms with Gasteiger partial charge in [0.2, 0.25) is 0 Å². The van der Waals surface area contributed by atoms with Gasteiger partial charge in [0, 0.05) is 7.05 Å². The van der Waals surface area contributed by atoms with E-state index >= 15 is 0 Å². The lowest BCUT2D eigenvalue weighted by Gasteiger charge is -2.26. The molecule has 0 radical (unpaired) electrons. The summed E-state index contributed by atoms with van der Waals surface area (Å²) in [5.41, 5.74) is 4.23. The van der Waals surface area contributed by atoms with E-state index < -0.39 is 6.10 Å². The summed E-state index contributed by atoms with van der Waals surface area (Å²) in [4.78, 5) is 0. The zero-order chi connectivity index (χ0) is 14.1. The first kappa shape index (κ1) is 13.4. The van der Waals surface area contributed by atoms with Gasteiger partial charge in [-0.3, -0.25) is 4.68 Å². The average Bonchev–Trinajstić information content (AvgIpc) is 2.78. The van der Waals surface area contributed by atoms with Gasteiger partial charge in [0.05, 0.1) is 11.4 Å². The number of aliphatic hydroxyl groups is 1. The van der Waals surface area contributed by atoms with Crippen LogP contribution in [-0.4, -0.2) is 14.9 Å². The molecule has 1 fully saturated rings. The molecule has 0 aliphatic heterocycles. The fourth-order valence-corrected chi connectivity index (χ4v) is 2.83. The Morgan fingerprint density at radius 2 is 2.00 bits per heavy atom. The molecule has 1 unspecified atom stereocenters. The van der Waals surface area contributed by atoms with Gasteiger partial charge < -0.3 is 5.11 Å². The summed E-state index contributed by atoms with van der Waals surface area (Å²) in [5, 5.41) is 14.9. The Balaban J connectivity index is 1.81. The van der Waals surface area contributed by atoms with E-state index in [1.807, 2.05) is 13.1 Å². The van der Waals surface area contributed by atoms with Gasteiger partial charge in [0.1, 0.15) is 6.10 Å². The molecule has 0 spiro atoms. The molecule has 1 N–H and O–H groups in total. The van der Waals surface area contributed by atoms with E-state index in [0.717, 1.165) is 29.3 Å². The minimum atomic E-state index is -0.594. The standard InChI is InChI=1S/C17H22N2O/c1-3-15-11-16(19(2)18-15)17(20)14-9-7-13(8-10-14)12-5-4-6-12/h7-12,17,20H,3-6H2,1-2H3. The van der Waals surface area contributed by atoms with Crippen LogP contribution in [0.25, 0.3) is 0 Å². The SMILES string of the molecule is CCc1cc(C(O)c2ccc(C3CCC3)cc2)n(C)n1.